The lowest BCUT2D eigenvalue weighted by Crippen LogP contribution is -2.57. The second-order valence-corrected chi connectivity index (χ2v) is 15.3. The van der Waals surface area contributed by atoms with Crippen molar-refractivity contribution in [3.8, 4) is 66.8 Å². The molecule has 3 nitrogen and oxygen atoms in total. The molecule has 3 heterocycles. The molecule has 0 spiro atoms. The van der Waals surface area contributed by atoms with Crippen LogP contribution in [0.15, 0.2) is 211 Å². The second kappa shape index (κ2) is 13.0. The molecule has 270 valence electrons. The predicted molar refractivity (Wildman–Crippen MR) is 244 cm³/mol. The van der Waals surface area contributed by atoms with Gasteiger partial charge in [-0.15, -0.1) is 0 Å². The number of benzene rings is 9. The molecule has 0 radical (unpaired) electrons. The Morgan fingerprint density at radius 3 is 1.59 bits per heavy atom. The van der Waals surface area contributed by atoms with E-state index in [1.54, 1.807) is 0 Å². The molecule has 4 heteroatoms. The van der Waals surface area contributed by atoms with Crippen LogP contribution in [0.4, 0.5) is 17.1 Å². The molecule has 58 heavy (non-hydrogen) atoms. The summed E-state index contributed by atoms with van der Waals surface area (Å²) in [5.74, 6) is 0. The summed E-state index contributed by atoms with van der Waals surface area (Å²) in [6.45, 7) is -0.162. The molecule has 9 aromatic carbocycles. The summed E-state index contributed by atoms with van der Waals surface area (Å²) in [6, 6.07) is 74.6. The third kappa shape index (κ3) is 5.16. The zero-order valence-electron chi connectivity index (χ0n) is 31.6. The van der Waals surface area contributed by atoms with E-state index < -0.39 is 0 Å². The Labute approximate surface area is 337 Å². The first-order valence-corrected chi connectivity index (χ1v) is 19.9. The Hall–Kier alpha value is -7.56. The number of nitrogens with one attached hydrogen (secondary N) is 1. The molecule has 1 aromatic heterocycles. The van der Waals surface area contributed by atoms with Crippen molar-refractivity contribution in [1.82, 2.24) is 0 Å². The van der Waals surface area contributed by atoms with E-state index in [0.29, 0.717) is 0 Å². The van der Waals surface area contributed by atoms with Crippen molar-refractivity contribution in [2.45, 2.75) is 0 Å². The lowest BCUT2D eigenvalue weighted by molar-refractivity contribution is 0.669. The molecule has 1 N–H and O–H groups in total. The van der Waals surface area contributed by atoms with Crippen molar-refractivity contribution in [3.63, 3.8) is 0 Å². The van der Waals surface area contributed by atoms with Gasteiger partial charge in [-0.2, -0.15) is 0 Å². The first kappa shape index (κ1) is 32.7. The summed E-state index contributed by atoms with van der Waals surface area (Å²) in [5.41, 5.74) is 20.9. The minimum absolute atomic E-state index is 0.162. The number of fused-ring (bicyclic) bond motifs is 7. The van der Waals surface area contributed by atoms with E-state index in [1.807, 2.05) is 6.07 Å². The molecular formula is C54H35BN2O. The summed E-state index contributed by atoms with van der Waals surface area (Å²) in [4.78, 5) is 2.51. The van der Waals surface area contributed by atoms with E-state index >= 15 is 0 Å². The van der Waals surface area contributed by atoms with Gasteiger partial charge in [0.1, 0.15) is 11.2 Å². The zero-order valence-corrected chi connectivity index (χ0v) is 31.6. The molecule has 0 fully saturated rings. The molecule has 12 rings (SSSR count). The third-order valence-electron chi connectivity index (χ3n) is 12.0. The lowest BCUT2D eigenvalue weighted by Gasteiger charge is -2.42. The highest BCUT2D eigenvalue weighted by molar-refractivity contribution is 6.85. The van der Waals surface area contributed by atoms with Crippen LogP contribution in [0, 0.1) is 0 Å². The Bertz CT molecular complexity index is 3210. The van der Waals surface area contributed by atoms with Gasteiger partial charge >= 0.3 is 6.98 Å². The maximum absolute atomic E-state index is 6.47. The quantitative estimate of drug-likeness (QED) is 0.178. The maximum Gasteiger partial charge on any atom is 0.414 e. The Morgan fingerprint density at radius 1 is 0.362 bits per heavy atom. The summed E-state index contributed by atoms with van der Waals surface area (Å²) in [6.07, 6.45) is 0. The fourth-order valence-electron chi connectivity index (χ4n) is 9.34. The number of hydrogen-bond acceptors (Lipinski definition) is 3. The summed E-state index contributed by atoms with van der Waals surface area (Å²) < 4.78 is 6.47. The highest BCUT2D eigenvalue weighted by Crippen LogP contribution is 2.49. The van der Waals surface area contributed by atoms with Crippen LogP contribution < -0.4 is 15.5 Å². The minimum atomic E-state index is -0.162. The number of anilines is 3. The van der Waals surface area contributed by atoms with Crippen molar-refractivity contribution >= 4 is 51.4 Å². The molecular weight excluding hydrogens is 703 g/mol. The Morgan fingerprint density at radius 2 is 0.879 bits per heavy atom. The molecule has 0 amide bonds. The molecule has 0 saturated carbocycles. The summed E-state index contributed by atoms with van der Waals surface area (Å²) in [7, 11) is 0. The van der Waals surface area contributed by atoms with E-state index in [1.165, 1.54) is 72.2 Å². The van der Waals surface area contributed by atoms with Crippen LogP contribution in [0.5, 0.6) is 0 Å². The van der Waals surface area contributed by atoms with E-state index in [4.69, 9.17) is 4.42 Å². The molecule has 2 aliphatic rings. The standard InChI is InChI=1S/C54H35BN2O/c1-3-13-35(14-4-1)37-17-9-19-39(31-37)41-27-29-48-46(33-41)43-22-11-23-44-47-34-42(40-20-10-18-38(32-40)36-15-5-2-6-16-36)28-30-49(47)57(55(56-48)54(43)44)50-24-12-26-52-53(50)45-21-7-8-25-51(45)58-52/h1-34,56H. The van der Waals surface area contributed by atoms with E-state index in [-0.39, 0.29) is 6.98 Å². The molecule has 2 aliphatic heterocycles. The zero-order chi connectivity index (χ0) is 38.2. The average molecular weight is 739 g/mol. The molecule has 10 aromatic rings. The first-order valence-electron chi connectivity index (χ1n) is 19.9. The van der Waals surface area contributed by atoms with Crippen LogP contribution in [-0.4, -0.2) is 6.98 Å². The molecule has 0 saturated heterocycles. The number of nitrogens with zero attached hydrogens (tertiary/aromatic N) is 1. The predicted octanol–water partition coefficient (Wildman–Crippen LogP) is 13.9. The maximum atomic E-state index is 6.47. The molecule has 0 bridgehead atoms. The van der Waals surface area contributed by atoms with Crippen molar-refractivity contribution in [2.24, 2.45) is 0 Å². The van der Waals surface area contributed by atoms with Gasteiger partial charge < -0.3 is 14.5 Å². The Kier molecular flexibility index (Phi) is 7.33. The van der Waals surface area contributed by atoms with Gasteiger partial charge in [-0.05, 0) is 116 Å². The average Bonchev–Trinajstić information content (AvgIpc) is 3.69. The molecule has 0 aliphatic carbocycles. The van der Waals surface area contributed by atoms with Crippen LogP contribution in [0.25, 0.3) is 88.7 Å². The van der Waals surface area contributed by atoms with Gasteiger partial charge in [0.2, 0.25) is 0 Å². The number of para-hydroxylation sites is 1. The topological polar surface area (TPSA) is 28.4 Å². The minimum Gasteiger partial charge on any atom is -0.456 e. The van der Waals surface area contributed by atoms with Gasteiger partial charge in [-0.25, -0.2) is 0 Å². The van der Waals surface area contributed by atoms with Crippen LogP contribution in [0.3, 0.4) is 0 Å². The van der Waals surface area contributed by atoms with Crippen molar-refractivity contribution in [1.29, 1.82) is 0 Å². The number of rotatable bonds is 5. The summed E-state index contributed by atoms with van der Waals surface area (Å²) >= 11 is 0. The van der Waals surface area contributed by atoms with Gasteiger partial charge in [0.25, 0.3) is 0 Å². The normalized spacial score (nSPS) is 12.6. The van der Waals surface area contributed by atoms with Crippen LogP contribution in [0.2, 0.25) is 0 Å². The largest absolute Gasteiger partial charge is 0.456 e. The molecule has 0 atom stereocenters. The first-order chi connectivity index (χ1) is 28.7. The van der Waals surface area contributed by atoms with Gasteiger partial charge in [-0.1, -0.05) is 152 Å². The van der Waals surface area contributed by atoms with Crippen molar-refractivity contribution in [2.75, 3.05) is 10.0 Å². The van der Waals surface area contributed by atoms with Crippen molar-refractivity contribution in [3.05, 3.63) is 206 Å². The smallest absolute Gasteiger partial charge is 0.414 e. The van der Waals surface area contributed by atoms with Gasteiger partial charge in [0.05, 0.1) is 5.39 Å². The number of furan rings is 1. The van der Waals surface area contributed by atoms with E-state index in [0.717, 1.165) is 39.0 Å². The fraction of sp³-hybridized carbons (Fsp3) is 0. The van der Waals surface area contributed by atoms with Crippen LogP contribution >= 0.6 is 0 Å². The van der Waals surface area contributed by atoms with Crippen LogP contribution in [-0.2, 0) is 0 Å². The van der Waals surface area contributed by atoms with Crippen LogP contribution in [0.1, 0.15) is 0 Å². The van der Waals surface area contributed by atoms with Crippen molar-refractivity contribution < 1.29 is 4.42 Å². The Balaban J connectivity index is 1.06. The lowest BCUT2D eigenvalue weighted by atomic mass is 9.55. The molecule has 0 unspecified atom stereocenters. The highest BCUT2D eigenvalue weighted by Gasteiger charge is 2.42. The highest BCUT2D eigenvalue weighted by atomic mass is 16.3. The van der Waals surface area contributed by atoms with Gasteiger partial charge in [0, 0.05) is 33.6 Å². The fourth-order valence-corrected chi connectivity index (χ4v) is 9.34. The van der Waals surface area contributed by atoms with E-state index in [9.17, 15) is 0 Å². The number of hydrogen-bond donors (Lipinski definition) is 1. The third-order valence-corrected chi connectivity index (χ3v) is 12.0. The summed E-state index contributed by atoms with van der Waals surface area (Å²) in [5, 5.41) is 6.30. The van der Waals surface area contributed by atoms with Gasteiger partial charge in [-0.3, -0.25) is 0 Å². The monoisotopic (exact) mass is 738 g/mol. The second-order valence-electron chi connectivity index (χ2n) is 15.3. The van der Waals surface area contributed by atoms with E-state index in [2.05, 4.69) is 210 Å². The SMILES string of the molecule is c1ccc(-c2cccc(-c3ccc4c(c3)-c3cccc5c3B(N4)N(c3cccc4oc6ccccc6c34)c3ccc(-c4cccc(-c6ccccc6)c4)cc3-5)c2)cc1. The van der Waals surface area contributed by atoms with Gasteiger partial charge in [0.15, 0.2) is 0 Å².